The van der Waals surface area contributed by atoms with Crippen molar-refractivity contribution >= 4 is 12.6 Å². The fraction of sp³-hybridized carbons (Fsp3) is 0.714. The molecule has 62 valence electrons. The number of hydrogen-bond acceptors (Lipinski definition) is 3. The van der Waals surface area contributed by atoms with E-state index in [1.807, 2.05) is 0 Å². The van der Waals surface area contributed by atoms with Gasteiger partial charge in [-0.2, -0.15) is 27.6 Å². The minimum atomic E-state index is 0.351. The average Bonchev–Trinajstić information content (AvgIpc) is 2.37. The third-order valence-corrected chi connectivity index (χ3v) is 1.61. The summed E-state index contributed by atoms with van der Waals surface area (Å²) < 4.78 is 0. The summed E-state index contributed by atoms with van der Waals surface area (Å²) >= 11 is 4.12. The molecule has 0 amide bonds. The maximum absolute atomic E-state index is 4.26. The highest BCUT2D eigenvalue weighted by atomic mass is 32.1. The Morgan fingerprint density at radius 2 is 2.36 bits per heavy atom. The number of aryl methyl sites for hydroxylation is 1. The number of thiol groups is 1. The van der Waals surface area contributed by atoms with Gasteiger partial charge in [-0.1, -0.05) is 0 Å². The monoisotopic (exact) mass is 171 g/mol. The summed E-state index contributed by atoms with van der Waals surface area (Å²) in [6, 6.07) is 0.351. The molecular weight excluding hydrogens is 158 g/mol. The van der Waals surface area contributed by atoms with Crippen LogP contribution in [0.5, 0.6) is 0 Å². The van der Waals surface area contributed by atoms with Gasteiger partial charge in [0.1, 0.15) is 0 Å². The van der Waals surface area contributed by atoms with Gasteiger partial charge in [0, 0.05) is 6.42 Å². The second kappa shape index (κ2) is 3.76. The molecule has 1 aromatic rings. The highest BCUT2D eigenvalue weighted by Gasteiger charge is 2.01. The van der Waals surface area contributed by atoms with E-state index in [9.17, 15) is 0 Å². The molecule has 0 aliphatic rings. The van der Waals surface area contributed by atoms with E-state index in [1.54, 1.807) is 11.0 Å². The van der Waals surface area contributed by atoms with Gasteiger partial charge in [0.15, 0.2) is 0 Å². The van der Waals surface area contributed by atoms with E-state index >= 15 is 0 Å². The first-order valence-corrected chi connectivity index (χ1v) is 4.39. The van der Waals surface area contributed by atoms with E-state index in [4.69, 9.17) is 0 Å². The average molecular weight is 171 g/mol. The van der Waals surface area contributed by atoms with Crippen molar-refractivity contribution in [1.82, 2.24) is 15.0 Å². The van der Waals surface area contributed by atoms with Gasteiger partial charge in [0.05, 0.1) is 17.9 Å². The van der Waals surface area contributed by atoms with E-state index in [-0.39, 0.29) is 0 Å². The molecule has 0 N–H and O–H groups in total. The highest BCUT2D eigenvalue weighted by molar-refractivity contribution is 7.80. The first-order valence-electron chi connectivity index (χ1n) is 3.75. The minimum absolute atomic E-state index is 0.351. The molecule has 0 aliphatic carbocycles. The van der Waals surface area contributed by atoms with E-state index < -0.39 is 0 Å². The van der Waals surface area contributed by atoms with E-state index in [1.165, 1.54) is 0 Å². The normalized spacial score (nSPS) is 10.9. The maximum Gasteiger partial charge on any atom is 0.0835 e. The number of aromatic nitrogens is 3. The smallest absolute Gasteiger partial charge is 0.0835 e. The molecule has 1 rings (SSSR count). The van der Waals surface area contributed by atoms with Crippen LogP contribution in [0, 0.1) is 0 Å². The van der Waals surface area contributed by atoms with Crippen LogP contribution in [0.1, 0.15) is 25.6 Å². The van der Waals surface area contributed by atoms with E-state index in [0.29, 0.717) is 6.04 Å². The highest BCUT2D eigenvalue weighted by Crippen LogP contribution is 2.01. The predicted octanol–water partition coefficient (Wildman–Crippen LogP) is 1.33. The zero-order valence-electron chi connectivity index (χ0n) is 6.86. The van der Waals surface area contributed by atoms with Gasteiger partial charge in [-0.3, -0.25) is 0 Å². The van der Waals surface area contributed by atoms with Crippen molar-refractivity contribution in [3.63, 3.8) is 0 Å². The molecule has 0 saturated heterocycles. The van der Waals surface area contributed by atoms with Crippen LogP contribution in [0.2, 0.25) is 0 Å². The molecule has 1 aromatic heterocycles. The third-order valence-electron chi connectivity index (χ3n) is 1.39. The van der Waals surface area contributed by atoms with Crippen LogP contribution < -0.4 is 0 Å². The lowest BCUT2D eigenvalue weighted by Gasteiger charge is -2.00. The second-order valence-electron chi connectivity index (χ2n) is 2.72. The van der Waals surface area contributed by atoms with Crippen molar-refractivity contribution in [1.29, 1.82) is 0 Å². The van der Waals surface area contributed by atoms with Gasteiger partial charge in [-0.25, -0.2) is 0 Å². The molecule has 0 unspecified atom stereocenters. The van der Waals surface area contributed by atoms with Crippen LogP contribution in [0.4, 0.5) is 0 Å². The van der Waals surface area contributed by atoms with Crippen molar-refractivity contribution in [2.75, 3.05) is 5.75 Å². The quantitative estimate of drug-likeness (QED) is 0.695. The fourth-order valence-electron chi connectivity index (χ4n) is 0.787. The van der Waals surface area contributed by atoms with Crippen LogP contribution in [0.25, 0.3) is 0 Å². The van der Waals surface area contributed by atoms with Crippen LogP contribution >= 0.6 is 12.6 Å². The molecule has 3 nitrogen and oxygen atoms in total. The van der Waals surface area contributed by atoms with Gasteiger partial charge in [0.25, 0.3) is 0 Å². The van der Waals surface area contributed by atoms with Crippen LogP contribution in [-0.2, 0) is 6.42 Å². The molecule has 11 heavy (non-hydrogen) atoms. The van der Waals surface area contributed by atoms with Crippen molar-refractivity contribution in [2.45, 2.75) is 26.3 Å². The standard InChI is InChI=1S/C7H13N3S/c1-6(2)10-8-5-7(9-10)3-4-11/h5-6,11H,3-4H2,1-2H3. The molecular formula is C7H13N3S. The predicted molar refractivity (Wildman–Crippen MR) is 48.0 cm³/mol. The number of nitrogens with zero attached hydrogens (tertiary/aromatic N) is 3. The Balaban J connectivity index is 2.66. The second-order valence-corrected chi connectivity index (χ2v) is 3.17. The van der Waals surface area contributed by atoms with Gasteiger partial charge in [-0.15, -0.1) is 0 Å². The molecule has 0 fully saturated rings. The lowest BCUT2D eigenvalue weighted by molar-refractivity contribution is 0.463. The van der Waals surface area contributed by atoms with Crippen molar-refractivity contribution in [3.8, 4) is 0 Å². The molecule has 0 atom stereocenters. The Hall–Kier alpha value is -0.510. The zero-order chi connectivity index (χ0) is 8.27. The SMILES string of the molecule is CC(C)n1ncc(CCS)n1. The summed E-state index contributed by atoms with van der Waals surface area (Å²) in [5.41, 5.74) is 1.02. The summed E-state index contributed by atoms with van der Waals surface area (Å²) in [6.07, 6.45) is 2.70. The Morgan fingerprint density at radius 1 is 1.64 bits per heavy atom. The van der Waals surface area contributed by atoms with Crippen LogP contribution in [0.3, 0.4) is 0 Å². The number of rotatable bonds is 3. The van der Waals surface area contributed by atoms with E-state index in [2.05, 4.69) is 36.7 Å². The summed E-state index contributed by atoms with van der Waals surface area (Å²) in [4.78, 5) is 1.72. The largest absolute Gasteiger partial charge is 0.182 e. The third kappa shape index (κ3) is 2.22. The first-order chi connectivity index (χ1) is 5.24. The Morgan fingerprint density at radius 3 is 2.82 bits per heavy atom. The summed E-state index contributed by atoms with van der Waals surface area (Å²) in [6.45, 7) is 4.12. The maximum atomic E-state index is 4.26. The Kier molecular flexibility index (Phi) is 2.93. The van der Waals surface area contributed by atoms with Crippen molar-refractivity contribution < 1.29 is 0 Å². The molecule has 0 aromatic carbocycles. The fourth-order valence-corrected chi connectivity index (χ4v) is 1.02. The lowest BCUT2D eigenvalue weighted by Crippen LogP contribution is -2.05. The zero-order valence-corrected chi connectivity index (χ0v) is 7.75. The topological polar surface area (TPSA) is 30.7 Å². The molecule has 0 radical (unpaired) electrons. The number of hydrogen-bond donors (Lipinski definition) is 1. The summed E-state index contributed by atoms with van der Waals surface area (Å²) in [7, 11) is 0. The van der Waals surface area contributed by atoms with Crippen molar-refractivity contribution in [2.24, 2.45) is 0 Å². The van der Waals surface area contributed by atoms with Gasteiger partial charge in [-0.05, 0) is 19.6 Å². The molecule has 0 bridgehead atoms. The molecule has 0 aliphatic heterocycles. The molecule has 0 saturated carbocycles. The van der Waals surface area contributed by atoms with Crippen molar-refractivity contribution in [3.05, 3.63) is 11.9 Å². The summed E-state index contributed by atoms with van der Waals surface area (Å²) in [5, 5.41) is 8.36. The van der Waals surface area contributed by atoms with Gasteiger partial charge in [0.2, 0.25) is 0 Å². The Labute approximate surface area is 72.2 Å². The van der Waals surface area contributed by atoms with Gasteiger partial charge >= 0.3 is 0 Å². The minimum Gasteiger partial charge on any atom is -0.182 e. The van der Waals surface area contributed by atoms with Crippen LogP contribution in [-0.4, -0.2) is 20.7 Å². The molecule has 0 spiro atoms. The van der Waals surface area contributed by atoms with Gasteiger partial charge < -0.3 is 0 Å². The Bertz CT molecular complexity index is 219. The van der Waals surface area contributed by atoms with E-state index in [0.717, 1.165) is 17.9 Å². The lowest BCUT2D eigenvalue weighted by atomic mass is 10.4. The molecule has 1 heterocycles. The first kappa shape index (κ1) is 8.59. The summed E-state index contributed by atoms with van der Waals surface area (Å²) in [5.74, 6) is 0.830. The van der Waals surface area contributed by atoms with Crippen LogP contribution in [0.15, 0.2) is 6.20 Å². The molecule has 4 heteroatoms.